The van der Waals surface area contributed by atoms with Crippen LogP contribution >= 0.6 is 11.6 Å². The lowest BCUT2D eigenvalue weighted by Gasteiger charge is -2.47. The van der Waals surface area contributed by atoms with Crippen molar-refractivity contribution < 1.29 is 9.84 Å². The van der Waals surface area contributed by atoms with Crippen LogP contribution in [0.15, 0.2) is 4.99 Å². The zero-order valence-corrected chi connectivity index (χ0v) is 15.7. The zero-order valence-electron chi connectivity index (χ0n) is 14.9. The summed E-state index contributed by atoms with van der Waals surface area (Å²) >= 11 is 6.47. The Balaban J connectivity index is 1.46. The van der Waals surface area contributed by atoms with Gasteiger partial charge in [-0.3, -0.25) is 4.99 Å². The predicted molar refractivity (Wildman–Crippen MR) is 98.8 cm³/mol. The molecule has 0 aromatic carbocycles. The fourth-order valence-electron chi connectivity index (χ4n) is 6.98. The molecule has 0 spiro atoms. The van der Waals surface area contributed by atoms with Gasteiger partial charge in [-0.1, -0.05) is 19.3 Å². The molecule has 2 aliphatic heterocycles. The summed E-state index contributed by atoms with van der Waals surface area (Å²) in [6, 6.07) is 0.157. The molecule has 1 saturated heterocycles. The maximum atomic E-state index is 11.9. The first kappa shape index (κ1) is 16.8. The van der Waals surface area contributed by atoms with E-state index < -0.39 is 5.60 Å². The highest BCUT2D eigenvalue weighted by Gasteiger charge is 2.61. The van der Waals surface area contributed by atoms with E-state index in [1.165, 1.54) is 38.5 Å². The minimum absolute atomic E-state index is 0.0822. The van der Waals surface area contributed by atoms with Crippen LogP contribution in [0, 0.1) is 23.7 Å². The summed E-state index contributed by atoms with van der Waals surface area (Å²) in [5, 5.41) is 12.0. The lowest BCUT2D eigenvalue weighted by Crippen LogP contribution is -2.59. The molecule has 5 rings (SSSR count). The molecular weight excluding hydrogens is 336 g/mol. The fraction of sp³-hybridized carbons (Fsp3) is 0.950. The van der Waals surface area contributed by atoms with Crippen molar-refractivity contribution >= 4 is 17.4 Å². The Kier molecular flexibility index (Phi) is 4.11. The van der Waals surface area contributed by atoms with Crippen LogP contribution in [0.2, 0.25) is 0 Å². The van der Waals surface area contributed by atoms with Gasteiger partial charge in [0.1, 0.15) is 11.4 Å². The number of rotatable bonds is 1. The van der Waals surface area contributed by atoms with E-state index >= 15 is 0 Å². The Morgan fingerprint density at radius 1 is 1.00 bits per heavy atom. The maximum absolute atomic E-state index is 11.9. The summed E-state index contributed by atoms with van der Waals surface area (Å²) in [6.45, 7) is 0. The number of aliphatic imine (C=N–C) groups is 1. The highest BCUT2D eigenvalue weighted by Crippen LogP contribution is 2.55. The number of aliphatic hydroxyl groups is 1. The van der Waals surface area contributed by atoms with Crippen molar-refractivity contribution in [1.29, 1.82) is 0 Å². The van der Waals surface area contributed by atoms with Crippen LogP contribution in [0.4, 0.5) is 0 Å². The molecule has 0 bridgehead atoms. The minimum atomic E-state index is -1.00. The highest BCUT2D eigenvalue weighted by atomic mass is 35.5. The lowest BCUT2D eigenvalue weighted by molar-refractivity contribution is -0.109. The van der Waals surface area contributed by atoms with Crippen molar-refractivity contribution in [3.63, 3.8) is 0 Å². The first-order chi connectivity index (χ1) is 12.1. The topological polar surface area (TPSA) is 67.8 Å². The van der Waals surface area contributed by atoms with E-state index in [2.05, 4.69) is 0 Å². The summed E-state index contributed by atoms with van der Waals surface area (Å²) < 4.78 is 6.61. The number of amidine groups is 1. The molecule has 25 heavy (non-hydrogen) atoms. The standard InChI is InChI=1S/C20H31ClN2O2/c21-11-8-9-16-15(10-11)20(24,19(22)23-16)14-6-3-5-13-12-4-1-2-7-17(12)25-18(13)14/h11-18,24H,1-10H2,(H2,22,23). The molecule has 9 atom stereocenters. The van der Waals surface area contributed by atoms with Crippen LogP contribution in [0.1, 0.15) is 64.2 Å². The number of hydrogen-bond donors (Lipinski definition) is 2. The van der Waals surface area contributed by atoms with E-state index in [4.69, 9.17) is 27.1 Å². The molecule has 0 aromatic heterocycles. The van der Waals surface area contributed by atoms with Crippen LogP contribution in [0.5, 0.6) is 0 Å². The van der Waals surface area contributed by atoms with Gasteiger partial charge in [-0.15, -0.1) is 11.6 Å². The van der Waals surface area contributed by atoms with Gasteiger partial charge >= 0.3 is 0 Å². The largest absolute Gasteiger partial charge is 0.385 e. The van der Waals surface area contributed by atoms with Gasteiger partial charge in [0, 0.05) is 17.2 Å². The van der Waals surface area contributed by atoms with Crippen molar-refractivity contribution in [1.82, 2.24) is 0 Å². The Bertz CT molecular complexity index is 570. The van der Waals surface area contributed by atoms with Crippen molar-refractivity contribution in [3.05, 3.63) is 0 Å². The van der Waals surface area contributed by atoms with Gasteiger partial charge in [0.25, 0.3) is 0 Å². The second-order valence-electron chi connectivity index (χ2n) is 9.21. The van der Waals surface area contributed by atoms with Gasteiger partial charge in [0.05, 0.1) is 18.2 Å². The van der Waals surface area contributed by atoms with E-state index in [9.17, 15) is 5.11 Å². The van der Waals surface area contributed by atoms with E-state index in [0.29, 0.717) is 23.8 Å². The maximum Gasteiger partial charge on any atom is 0.131 e. The molecule has 9 unspecified atom stereocenters. The number of alkyl halides is 1. The van der Waals surface area contributed by atoms with Crippen molar-refractivity contribution in [2.45, 2.75) is 93.4 Å². The van der Waals surface area contributed by atoms with Crippen LogP contribution in [0.3, 0.4) is 0 Å². The summed E-state index contributed by atoms with van der Waals surface area (Å²) in [7, 11) is 0. The molecule has 5 heteroatoms. The van der Waals surface area contributed by atoms with Gasteiger partial charge in [-0.05, 0) is 56.8 Å². The molecule has 0 radical (unpaired) electrons. The lowest BCUT2D eigenvalue weighted by atomic mass is 9.61. The third kappa shape index (κ3) is 2.43. The van der Waals surface area contributed by atoms with Crippen LogP contribution in [0.25, 0.3) is 0 Å². The van der Waals surface area contributed by atoms with Gasteiger partial charge < -0.3 is 15.6 Å². The highest BCUT2D eigenvalue weighted by molar-refractivity contribution is 6.20. The van der Waals surface area contributed by atoms with Gasteiger partial charge in [-0.2, -0.15) is 0 Å². The summed E-state index contributed by atoms with van der Waals surface area (Å²) in [5.41, 5.74) is 5.38. The Morgan fingerprint density at radius 2 is 1.80 bits per heavy atom. The molecule has 0 aromatic rings. The molecule has 5 aliphatic rings. The zero-order chi connectivity index (χ0) is 17.2. The number of hydrogen-bond acceptors (Lipinski definition) is 4. The molecule has 3 saturated carbocycles. The molecule has 4 fully saturated rings. The Hall–Kier alpha value is -0.320. The molecule has 4 nitrogen and oxygen atoms in total. The molecule has 140 valence electrons. The van der Waals surface area contributed by atoms with Gasteiger partial charge in [0.2, 0.25) is 0 Å². The normalized spacial score (nSPS) is 55.2. The third-order valence-electron chi connectivity index (χ3n) is 8.10. The Labute approximate surface area is 155 Å². The predicted octanol–water partition coefficient (Wildman–Crippen LogP) is 3.24. The quantitative estimate of drug-likeness (QED) is 0.700. The summed E-state index contributed by atoms with van der Waals surface area (Å²) in [4.78, 5) is 4.71. The SMILES string of the molecule is NC1=NC2CCC(Cl)CC2C1(O)C1CCCC2C3CCCCC3OC21. The second kappa shape index (κ2) is 6.10. The van der Waals surface area contributed by atoms with Gasteiger partial charge in [-0.25, -0.2) is 0 Å². The number of nitrogens with zero attached hydrogens (tertiary/aromatic N) is 1. The first-order valence-corrected chi connectivity index (χ1v) is 10.9. The van der Waals surface area contributed by atoms with Crippen LogP contribution in [-0.4, -0.2) is 40.2 Å². The average Bonchev–Trinajstić information content (AvgIpc) is 3.12. The van der Waals surface area contributed by atoms with E-state index in [1.54, 1.807) is 0 Å². The monoisotopic (exact) mass is 366 g/mol. The fourth-order valence-corrected chi connectivity index (χ4v) is 7.30. The molecule has 0 amide bonds. The number of nitrogens with two attached hydrogens (primary N) is 1. The first-order valence-electron chi connectivity index (χ1n) is 10.4. The Morgan fingerprint density at radius 3 is 2.68 bits per heavy atom. The molecule has 3 N–H and O–H groups in total. The number of fused-ring (bicyclic) bond motifs is 4. The van der Waals surface area contributed by atoms with Crippen molar-refractivity contribution in [3.8, 4) is 0 Å². The molecular formula is C20H31ClN2O2. The van der Waals surface area contributed by atoms with Crippen LogP contribution < -0.4 is 5.73 Å². The molecule has 3 aliphatic carbocycles. The average molecular weight is 367 g/mol. The van der Waals surface area contributed by atoms with Gasteiger partial charge in [0.15, 0.2) is 0 Å². The van der Waals surface area contributed by atoms with E-state index in [0.717, 1.165) is 25.7 Å². The third-order valence-corrected chi connectivity index (χ3v) is 8.50. The second-order valence-corrected chi connectivity index (χ2v) is 9.83. The number of ether oxygens (including phenoxy) is 1. The number of halogens is 1. The van der Waals surface area contributed by atoms with E-state index in [-0.39, 0.29) is 29.4 Å². The minimum Gasteiger partial charge on any atom is -0.385 e. The smallest absolute Gasteiger partial charge is 0.131 e. The van der Waals surface area contributed by atoms with Crippen LogP contribution in [-0.2, 0) is 4.74 Å². The summed E-state index contributed by atoms with van der Waals surface area (Å²) in [5.74, 6) is 1.96. The van der Waals surface area contributed by atoms with Crippen molar-refractivity contribution in [2.24, 2.45) is 34.4 Å². The molecule has 2 heterocycles. The van der Waals surface area contributed by atoms with E-state index in [1.807, 2.05) is 0 Å². The van der Waals surface area contributed by atoms with Crippen molar-refractivity contribution in [2.75, 3.05) is 0 Å². The summed E-state index contributed by atoms with van der Waals surface area (Å²) in [6.07, 6.45) is 11.9.